The Morgan fingerprint density at radius 1 is 0.693 bits per heavy atom. The van der Waals surface area contributed by atoms with Crippen LogP contribution in [0.1, 0.15) is 157 Å². The molecule has 0 aliphatic carbocycles. The number of hydrogen-bond acceptors (Lipinski definition) is 27. The number of likely N-dealkylation sites (N-methyl/N-ethyl adjacent to an activating group) is 1. The molecule has 114 heavy (non-hydrogen) atoms. The fourth-order valence-corrected chi connectivity index (χ4v) is 16.8. The molecule has 33 nitrogen and oxygen atoms in total. The smallest absolute Gasteiger partial charge is 0.330 e. The Hall–Kier alpha value is -8.50. The van der Waals surface area contributed by atoms with Gasteiger partial charge in [0, 0.05) is 52.8 Å². The molecule has 7 amide bonds. The number of phenolic OH excluding ortho intramolecular Hbond substituents is 3. The molecule has 620 valence electrons. The largest absolute Gasteiger partial charge is 0.508 e. The lowest BCUT2D eigenvalue weighted by Gasteiger charge is -2.48. The van der Waals surface area contributed by atoms with E-state index in [-0.39, 0.29) is 52.0 Å². The standard InChI is InChI=1S/C77H97Cl2N9O24S2/c1-7-8-9-10-11-12-13-21-113-114-22-20-82-77(5)32-55(107-35(4)68(77)98)111-67-65(97)64(96)53(33-89)110-76(67)112-66-51-27-39-28-52(66)109-50-19-16-38(26-44(50)79)63(95)61-74(104)86-59(75(105)106)42-29-40(90)30-48(92)56(42)41-24-36(14-17-47(41)91)57(71(101)88-61)85-72(102)58(39)84-70(100)46(31-54(80)93)83-73(103)60(87-69(99)45(81-6)23-34(2)3)62(94)37-15-18-49(108-51)43(78)25-37/h14-19,24-30,34-35,45-46,53,55,57-65,67-68,76,81-82,89-92,94-98H,7-13,20-23,31-33H2,1-6H3,(H2,80,93)(H,83,103)(H,84,100)(H,85,102)(H,86,104)(H,87,99)(H,88,101)(H,105,106)/t35-,45+,46-,53+,55-,57+,58+,59-,60+,61-,62+,63+,64+,65-,67+,68+,76-,77-/m0/s1. The number of halogens is 2. The van der Waals surface area contributed by atoms with Crippen molar-refractivity contribution in [3.05, 3.63) is 117 Å². The maximum absolute atomic E-state index is 16.2. The second-order valence-electron chi connectivity index (χ2n) is 29.3. The van der Waals surface area contributed by atoms with Crippen LogP contribution in [0.5, 0.6) is 46.0 Å². The zero-order chi connectivity index (χ0) is 82.7. The minimum absolute atomic E-state index is 0.0951. The normalized spacial score (nSPS) is 27.4. The van der Waals surface area contributed by atoms with Crippen molar-refractivity contribution in [1.29, 1.82) is 0 Å². The molecule has 18 atom stereocenters. The van der Waals surface area contributed by atoms with Crippen LogP contribution in [0.25, 0.3) is 11.1 Å². The number of nitrogens with two attached hydrogens (primary N) is 1. The zero-order valence-electron chi connectivity index (χ0n) is 63.1. The van der Waals surface area contributed by atoms with Crippen molar-refractivity contribution < 1.29 is 118 Å². The summed E-state index contributed by atoms with van der Waals surface area (Å²) in [6, 6.07) is -0.431. The molecule has 7 heterocycles. The molecule has 5 aromatic rings. The van der Waals surface area contributed by atoms with Crippen molar-refractivity contribution in [3.8, 4) is 57.1 Å². The molecular weight excluding hydrogens is 1570 g/mol. The average Bonchev–Trinajstić information content (AvgIpc) is 0.771. The fourth-order valence-electron chi connectivity index (χ4n) is 14.3. The predicted octanol–water partition coefficient (Wildman–Crippen LogP) is 4.87. The maximum Gasteiger partial charge on any atom is 0.330 e. The van der Waals surface area contributed by atoms with Crippen LogP contribution >= 0.6 is 44.8 Å². The molecule has 2 fully saturated rings. The molecule has 7 aliphatic rings. The summed E-state index contributed by atoms with van der Waals surface area (Å²) < 4.78 is 39.4. The third-order valence-electron chi connectivity index (χ3n) is 20.4. The number of aliphatic hydroxyl groups excluding tert-OH is 6. The number of phenols is 3. The van der Waals surface area contributed by atoms with Gasteiger partial charge in [0.05, 0.1) is 41.3 Å². The molecule has 37 heteroatoms. The van der Waals surface area contributed by atoms with E-state index in [0.29, 0.717) is 12.3 Å². The van der Waals surface area contributed by atoms with Crippen molar-refractivity contribution >= 4 is 92.1 Å². The number of carbonyl (C=O) groups is 8. The molecule has 20 N–H and O–H groups in total. The van der Waals surface area contributed by atoms with Gasteiger partial charge in [-0.3, -0.25) is 33.6 Å². The SMILES string of the molecule is CCCCCCCCCSSCCN[C@@]1(C)C[C@H](O[C@H]2[C@H](Oc3c4cc5cc3Oc3ccc(cc3Cl)[C@@H](O)[C@@H](NC(=O)[C@@H](CC(C)C)NC)C(=O)N[C@@H](CC(N)=O)C(=O)N[C@H]5C(=O)N[C@H]3C(=O)N[C@H](C(=O)N[C@H](C(=O)O)c5cc(O)cc(O)c5-c5cc3ccc5O)[C@H](O)c3ccc(c(Cl)c3)O4)O[C@H](CO)[C@@H](O)[C@@H]2O)O[C@@H](C)[C@H]1O. The Morgan fingerprint density at radius 3 is 1.93 bits per heavy atom. The summed E-state index contributed by atoms with van der Waals surface area (Å²) in [4.78, 5) is 118. The highest BCUT2D eigenvalue weighted by atomic mass is 35.5. The number of carboxylic acids is 1. The molecule has 0 radical (unpaired) electrons. The quantitative estimate of drug-likeness (QED) is 0.0259. The van der Waals surface area contributed by atoms with Crippen LogP contribution in [-0.4, -0.2) is 209 Å². The average molecular weight is 1670 g/mol. The molecular formula is C77H97Cl2N9O24S2. The maximum atomic E-state index is 16.2. The van der Waals surface area contributed by atoms with Crippen molar-refractivity contribution in [2.45, 2.75) is 208 Å². The van der Waals surface area contributed by atoms with Crippen LogP contribution in [0.15, 0.2) is 78.9 Å². The number of ether oxygens (including phenoxy) is 6. The van der Waals surface area contributed by atoms with Crippen LogP contribution in [0.2, 0.25) is 10.0 Å². The highest BCUT2D eigenvalue weighted by Crippen LogP contribution is 2.50. The Kier molecular flexibility index (Phi) is 30.0. The molecule has 11 bridgehead atoms. The first kappa shape index (κ1) is 87.9. The highest BCUT2D eigenvalue weighted by molar-refractivity contribution is 8.76. The highest BCUT2D eigenvalue weighted by Gasteiger charge is 2.52. The third kappa shape index (κ3) is 20.8. The number of unbranched alkanes of at least 4 members (excludes halogenated alkanes) is 6. The first-order chi connectivity index (χ1) is 54.2. The van der Waals surface area contributed by atoms with Gasteiger partial charge in [-0.1, -0.05) is 122 Å². The molecule has 0 unspecified atom stereocenters. The molecule has 2 saturated heterocycles. The lowest BCUT2D eigenvalue weighted by atomic mass is 9.85. The topological polar surface area (TPSA) is 517 Å². The summed E-state index contributed by atoms with van der Waals surface area (Å²) >= 11 is 14.3. The second-order valence-corrected chi connectivity index (χ2v) is 32.8. The monoisotopic (exact) mass is 1670 g/mol. The van der Waals surface area contributed by atoms with Gasteiger partial charge < -0.3 is 128 Å². The number of nitrogens with one attached hydrogen (secondary N) is 8. The van der Waals surface area contributed by atoms with Crippen LogP contribution in [0.3, 0.4) is 0 Å². The van der Waals surface area contributed by atoms with Gasteiger partial charge >= 0.3 is 5.97 Å². The number of aliphatic carboxylic acids is 1. The van der Waals surface area contributed by atoms with E-state index in [2.05, 4.69) is 49.5 Å². The molecule has 7 aliphatic heterocycles. The zero-order valence-corrected chi connectivity index (χ0v) is 66.3. The summed E-state index contributed by atoms with van der Waals surface area (Å²) in [5.74, 6) is -14.2. The first-order valence-electron chi connectivity index (χ1n) is 37.4. The number of rotatable bonds is 26. The molecule has 12 rings (SSSR count). The van der Waals surface area contributed by atoms with Gasteiger partial charge in [-0.15, -0.1) is 0 Å². The van der Waals surface area contributed by atoms with E-state index < -0.39 is 231 Å². The van der Waals surface area contributed by atoms with Gasteiger partial charge in [0.25, 0.3) is 0 Å². The van der Waals surface area contributed by atoms with E-state index in [9.17, 15) is 75.0 Å². The van der Waals surface area contributed by atoms with Gasteiger partial charge in [0.15, 0.2) is 29.9 Å². The van der Waals surface area contributed by atoms with E-state index in [4.69, 9.17) is 57.4 Å². The van der Waals surface area contributed by atoms with E-state index in [0.717, 1.165) is 85.3 Å². The first-order valence-corrected chi connectivity index (χ1v) is 40.6. The van der Waals surface area contributed by atoms with Gasteiger partial charge in [-0.05, 0) is 117 Å². The Balaban J connectivity index is 1.15. The van der Waals surface area contributed by atoms with Gasteiger partial charge in [-0.25, -0.2) is 4.79 Å². The number of primary amides is 1. The summed E-state index contributed by atoms with van der Waals surface area (Å²) in [5, 5.41) is 136. The van der Waals surface area contributed by atoms with Crippen LogP contribution in [0, 0.1) is 5.92 Å². The minimum Gasteiger partial charge on any atom is -0.508 e. The van der Waals surface area contributed by atoms with Crippen molar-refractivity contribution in [2.24, 2.45) is 11.7 Å². The Labute approximate surface area is 674 Å². The molecule has 5 aromatic carbocycles. The van der Waals surface area contributed by atoms with Crippen LogP contribution in [0.4, 0.5) is 0 Å². The Morgan fingerprint density at radius 2 is 1.31 bits per heavy atom. The van der Waals surface area contributed by atoms with Gasteiger partial charge in [0.1, 0.15) is 89.5 Å². The molecule has 0 aromatic heterocycles. The van der Waals surface area contributed by atoms with Gasteiger partial charge in [-0.2, -0.15) is 0 Å². The van der Waals surface area contributed by atoms with E-state index >= 15 is 14.4 Å². The number of amides is 7. The van der Waals surface area contributed by atoms with Crippen LogP contribution in [-0.2, 0) is 52.6 Å². The summed E-state index contributed by atoms with van der Waals surface area (Å²) in [6.45, 7) is 8.68. The third-order valence-corrected chi connectivity index (χ3v) is 23.4. The van der Waals surface area contributed by atoms with Crippen molar-refractivity contribution in [3.63, 3.8) is 0 Å². The number of hydrogen-bond donors (Lipinski definition) is 19. The lowest BCUT2D eigenvalue weighted by Crippen LogP contribution is -2.65. The molecule has 0 spiro atoms. The summed E-state index contributed by atoms with van der Waals surface area (Å²) in [5.41, 5.74) is 1.88. The van der Waals surface area contributed by atoms with E-state index in [1.807, 2.05) is 13.8 Å². The van der Waals surface area contributed by atoms with E-state index in [1.165, 1.54) is 51.3 Å². The van der Waals surface area contributed by atoms with Gasteiger partial charge in [0.2, 0.25) is 53.4 Å². The number of carbonyl (C=O) groups excluding carboxylic acids is 7. The van der Waals surface area contributed by atoms with E-state index in [1.54, 1.807) is 35.4 Å². The predicted molar refractivity (Wildman–Crippen MR) is 416 cm³/mol. The minimum atomic E-state index is -2.35. The lowest BCUT2D eigenvalue weighted by molar-refractivity contribution is -0.334. The number of fused-ring (bicyclic) bond motifs is 15. The summed E-state index contributed by atoms with van der Waals surface area (Å²) in [7, 11) is 4.91. The van der Waals surface area contributed by atoms with Crippen LogP contribution < -0.4 is 62.5 Å². The van der Waals surface area contributed by atoms with Crippen molar-refractivity contribution in [2.75, 3.05) is 31.7 Å². The number of aromatic hydroxyl groups is 3. The number of aliphatic hydroxyl groups is 6. The Bertz CT molecular complexity index is 4350. The van der Waals surface area contributed by atoms with Crippen molar-refractivity contribution in [1.82, 2.24) is 42.5 Å². The fraction of sp³-hybridized carbons (Fsp3) is 0.506. The summed E-state index contributed by atoms with van der Waals surface area (Å²) in [6.07, 6.45) is -9.89. The molecule has 0 saturated carbocycles. The number of benzene rings is 5. The second kappa shape index (κ2) is 39.0. The number of carboxylic acid groups (broad SMARTS) is 1.